The molecule has 7 nitrogen and oxygen atoms in total. The summed E-state index contributed by atoms with van der Waals surface area (Å²) in [5.74, 6) is -0.586. The molecule has 2 aliphatic heterocycles. The second-order valence-electron chi connectivity index (χ2n) is 8.46. The van der Waals surface area contributed by atoms with Crippen LogP contribution in [-0.4, -0.2) is 45.5 Å². The van der Waals surface area contributed by atoms with Crippen molar-refractivity contribution in [1.29, 1.82) is 0 Å². The summed E-state index contributed by atoms with van der Waals surface area (Å²) in [5.41, 5.74) is 0.468. The van der Waals surface area contributed by atoms with Crippen molar-refractivity contribution in [2.24, 2.45) is 0 Å². The number of fused-ring (bicyclic) bond motifs is 1. The van der Waals surface area contributed by atoms with Gasteiger partial charge in [-0.3, -0.25) is 9.59 Å². The van der Waals surface area contributed by atoms with Gasteiger partial charge in [0.2, 0.25) is 0 Å². The van der Waals surface area contributed by atoms with Crippen LogP contribution < -0.4 is 5.32 Å². The highest BCUT2D eigenvalue weighted by atomic mass is 19.4. The van der Waals surface area contributed by atoms with E-state index in [1.54, 1.807) is 13.0 Å². The number of aromatic nitrogens is 2. The van der Waals surface area contributed by atoms with Gasteiger partial charge in [0.15, 0.2) is 0 Å². The van der Waals surface area contributed by atoms with Crippen LogP contribution in [0.5, 0.6) is 0 Å². The number of nitrogens with zero attached hydrogens (tertiary/aromatic N) is 3. The number of carbonyl (C=O) groups excluding carboxylic acids is 2. The monoisotopic (exact) mass is 464 g/mol. The predicted octanol–water partition coefficient (Wildman–Crippen LogP) is 3.94. The van der Waals surface area contributed by atoms with E-state index in [9.17, 15) is 22.8 Å². The van der Waals surface area contributed by atoms with Gasteiger partial charge in [-0.2, -0.15) is 13.2 Å². The summed E-state index contributed by atoms with van der Waals surface area (Å²) < 4.78 is 46.6. The number of rotatable bonds is 5. The molecule has 0 saturated carbocycles. The van der Waals surface area contributed by atoms with Gasteiger partial charge in [0, 0.05) is 19.1 Å². The van der Waals surface area contributed by atoms with Crippen molar-refractivity contribution in [1.82, 2.24) is 19.8 Å². The van der Waals surface area contributed by atoms with Gasteiger partial charge in [-0.25, -0.2) is 4.98 Å². The summed E-state index contributed by atoms with van der Waals surface area (Å²) in [6.07, 6.45) is -2.33. The molecule has 0 aromatic carbocycles. The van der Waals surface area contributed by atoms with Crippen molar-refractivity contribution in [3.05, 3.63) is 52.6 Å². The minimum atomic E-state index is -4.57. The van der Waals surface area contributed by atoms with Crippen LogP contribution in [-0.2, 0) is 24.1 Å². The molecule has 2 unspecified atom stereocenters. The summed E-state index contributed by atoms with van der Waals surface area (Å²) in [5, 5.41) is 2.80. The Labute approximate surface area is 189 Å². The van der Waals surface area contributed by atoms with Crippen molar-refractivity contribution in [2.75, 3.05) is 13.2 Å². The first-order valence-corrected chi connectivity index (χ1v) is 11.2. The van der Waals surface area contributed by atoms with Crippen LogP contribution >= 0.6 is 0 Å². The molecule has 2 amide bonds. The number of alkyl halides is 3. The van der Waals surface area contributed by atoms with Crippen LogP contribution in [0.4, 0.5) is 13.2 Å². The van der Waals surface area contributed by atoms with Crippen molar-refractivity contribution in [3.63, 3.8) is 0 Å². The largest absolute Gasteiger partial charge is 0.433 e. The number of hydrogen-bond acceptors (Lipinski definition) is 4. The lowest BCUT2D eigenvalue weighted by molar-refractivity contribution is -0.141. The van der Waals surface area contributed by atoms with E-state index in [1.807, 2.05) is 16.4 Å². The molecular weight excluding hydrogens is 437 g/mol. The number of amides is 2. The maximum Gasteiger partial charge on any atom is 0.433 e. The fourth-order valence-corrected chi connectivity index (χ4v) is 4.50. The van der Waals surface area contributed by atoms with Gasteiger partial charge in [-0.1, -0.05) is 13.0 Å². The van der Waals surface area contributed by atoms with E-state index < -0.39 is 23.8 Å². The maximum absolute atomic E-state index is 13.2. The van der Waals surface area contributed by atoms with Crippen LogP contribution in [0.25, 0.3) is 0 Å². The number of likely N-dealkylation sites (tertiary alicyclic amines) is 1. The fraction of sp³-hybridized carbons (Fsp3) is 0.522. The first-order chi connectivity index (χ1) is 15.7. The van der Waals surface area contributed by atoms with Crippen molar-refractivity contribution >= 4 is 11.8 Å². The number of carbonyl (C=O) groups is 2. The molecule has 0 aliphatic carbocycles. The Morgan fingerprint density at radius 1 is 1.30 bits per heavy atom. The molecule has 0 spiro atoms. The average Bonchev–Trinajstić information content (AvgIpc) is 3.40. The molecule has 4 rings (SSSR count). The van der Waals surface area contributed by atoms with Gasteiger partial charge in [0.05, 0.1) is 36.2 Å². The predicted molar refractivity (Wildman–Crippen MR) is 114 cm³/mol. The highest BCUT2D eigenvalue weighted by Gasteiger charge is 2.34. The van der Waals surface area contributed by atoms with Gasteiger partial charge in [-0.15, -0.1) is 0 Å². The topological polar surface area (TPSA) is 76.5 Å². The third-order valence-electron chi connectivity index (χ3n) is 6.32. The first kappa shape index (κ1) is 23.3. The molecule has 4 heterocycles. The highest BCUT2D eigenvalue weighted by molar-refractivity contribution is 6.01. The van der Waals surface area contributed by atoms with Crippen molar-refractivity contribution < 1.29 is 27.5 Å². The standard InChI is InChI=1S/C23H27F3N4O3/c1-3-16(17-7-4-8-20(27-17)23(24,25)26)28-21(31)15-12-18(30-10-11-33-13-19(15)30)22(32)29-9-5-6-14(29)2/h4,7-8,12,14,16H,3,5-6,9-11,13H2,1-2H3,(H,28,31). The number of nitrogens with one attached hydrogen (secondary N) is 1. The SMILES string of the molecule is CCC(NC(=O)c1cc(C(=O)N2CCCC2C)n2c1COCC2)c1cccc(C(F)(F)F)n1. The van der Waals surface area contributed by atoms with Gasteiger partial charge >= 0.3 is 6.18 Å². The smallest absolute Gasteiger partial charge is 0.373 e. The van der Waals surface area contributed by atoms with Gasteiger partial charge in [0.1, 0.15) is 11.4 Å². The third kappa shape index (κ3) is 4.62. The molecule has 10 heteroatoms. The zero-order valence-electron chi connectivity index (χ0n) is 18.6. The minimum absolute atomic E-state index is 0.117. The second-order valence-corrected chi connectivity index (χ2v) is 8.46. The van der Waals surface area contributed by atoms with Crippen LogP contribution in [0.2, 0.25) is 0 Å². The Kier molecular flexibility index (Phi) is 6.47. The molecule has 1 fully saturated rings. The summed E-state index contributed by atoms with van der Waals surface area (Å²) in [7, 11) is 0. The lowest BCUT2D eigenvalue weighted by Crippen LogP contribution is -2.35. The normalized spacial score (nSPS) is 19.3. The van der Waals surface area contributed by atoms with Crippen LogP contribution in [0.1, 0.15) is 77.1 Å². The molecule has 2 aliphatic rings. The zero-order valence-corrected chi connectivity index (χ0v) is 18.6. The van der Waals surface area contributed by atoms with E-state index in [2.05, 4.69) is 10.3 Å². The molecule has 1 N–H and O–H groups in total. The summed E-state index contributed by atoms with van der Waals surface area (Å²) >= 11 is 0. The Hall–Kier alpha value is -2.88. The quantitative estimate of drug-likeness (QED) is 0.727. The maximum atomic E-state index is 13.2. The van der Waals surface area contributed by atoms with E-state index in [0.29, 0.717) is 43.1 Å². The summed E-state index contributed by atoms with van der Waals surface area (Å²) in [6.45, 7) is 5.52. The first-order valence-electron chi connectivity index (χ1n) is 11.2. The second kappa shape index (κ2) is 9.17. The number of halogens is 3. The Bertz CT molecular complexity index is 1050. The van der Waals surface area contributed by atoms with Crippen LogP contribution in [0.3, 0.4) is 0 Å². The van der Waals surface area contributed by atoms with Gasteiger partial charge in [-0.05, 0) is 44.4 Å². The molecule has 178 valence electrons. The molecule has 2 aromatic heterocycles. The number of pyridine rings is 1. The van der Waals surface area contributed by atoms with E-state index in [0.717, 1.165) is 18.9 Å². The lowest BCUT2D eigenvalue weighted by Gasteiger charge is -2.24. The van der Waals surface area contributed by atoms with Crippen LogP contribution in [0.15, 0.2) is 24.3 Å². The molecule has 0 bridgehead atoms. The van der Waals surface area contributed by atoms with Crippen LogP contribution in [0, 0.1) is 0 Å². The molecular formula is C23H27F3N4O3. The summed E-state index contributed by atoms with van der Waals surface area (Å²) in [4.78, 5) is 32.0. The Morgan fingerprint density at radius 2 is 2.09 bits per heavy atom. The minimum Gasteiger partial charge on any atom is -0.373 e. The summed E-state index contributed by atoms with van der Waals surface area (Å²) in [6, 6.07) is 4.65. The van der Waals surface area contributed by atoms with E-state index in [-0.39, 0.29) is 24.2 Å². The number of ether oxygens (including phenoxy) is 1. The molecule has 33 heavy (non-hydrogen) atoms. The number of hydrogen-bond donors (Lipinski definition) is 1. The average molecular weight is 464 g/mol. The molecule has 2 atom stereocenters. The van der Waals surface area contributed by atoms with E-state index >= 15 is 0 Å². The fourth-order valence-electron chi connectivity index (χ4n) is 4.50. The third-order valence-corrected chi connectivity index (χ3v) is 6.32. The van der Waals surface area contributed by atoms with Crippen molar-refractivity contribution in [3.8, 4) is 0 Å². The lowest BCUT2D eigenvalue weighted by atomic mass is 10.1. The molecule has 0 radical (unpaired) electrons. The van der Waals surface area contributed by atoms with E-state index in [4.69, 9.17) is 4.74 Å². The Balaban J connectivity index is 1.61. The Morgan fingerprint density at radius 3 is 2.76 bits per heavy atom. The molecule has 1 saturated heterocycles. The zero-order chi connectivity index (χ0) is 23.8. The van der Waals surface area contributed by atoms with E-state index in [1.165, 1.54) is 12.1 Å². The van der Waals surface area contributed by atoms with Crippen molar-refractivity contribution in [2.45, 2.75) is 64.5 Å². The molecule has 2 aromatic rings. The highest BCUT2D eigenvalue weighted by Crippen LogP contribution is 2.29. The van der Waals surface area contributed by atoms with Gasteiger partial charge in [0.25, 0.3) is 11.8 Å². The van der Waals surface area contributed by atoms with Gasteiger partial charge < -0.3 is 19.5 Å².